The summed E-state index contributed by atoms with van der Waals surface area (Å²) in [7, 11) is 0. The number of hydrogen-bond donors (Lipinski definition) is 2. The number of thiophene rings is 1. The molecule has 2 heterocycles. The first-order valence-electron chi connectivity index (χ1n) is 9.26. The number of fused-ring (bicyclic) bond motifs is 1. The van der Waals surface area contributed by atoms with Crippen LogP contribution in [-0.2, 0) is 4.79 Å². The number of amides is 2. The third-order valence-corrected chi connectivity index (χ3v) is 6.86. The highest BCUT2D eigenvalue weighted by Crippen LogP contribution is 2.41. The third-order valence-electron chi connectivity index (χ3n) is 4.72. The zero-order valence-corrected chi connectivity index (χ0v) is 18.6. The van der Waals surface area contributed by atoms with Crippen molar-refractivity contribution in [3.05, 3.63) is 32.1 Å². The van der Waals surface area contributed by atoms with Crippen molar-refractivity contribution in [2.24, 2.45) is 0 Å². The summed E-state index contributed by atoms with van der Waals surface area (Å²) in [5.41, 5.74) is 0. The number of nitrogens with one attached hydrogen (secondary N) is 2. The summed E-state index contributed by atoms with van der Waals surface area (Å²) >= 11 is 20.0. The predicted octanol–water partition coefficient (Wildman–Crippen LogP) is 4.58. The van der Waals surface area contributed by atoms with E-state index in [9.17, 15) is 9.59 Å². The van der Waals surface area contributed by atoms with Gasteiger partial charge < -0.3 is 10.6 Å². The van der Waals surface area contributed by atoms with Crippen LogP contribution >= 0.6 is 46.1 Å². The van der Waals surface area contributed by atoms with E-state index in [2.05, 4.69) is 15.5 Å². The molecule has 1 fully saturated rings. The second kappa shape index (κ2) is 9.63. The zero-order chi connectivity index (χ0) is 20.3. The summed E-state index contributed by atoms with van der Waals surface area (Å²) in [5.74, 6) is -0.144. The van der Waals surface area contributed by atoms with E-state index in [0.717, 1.165) is 37.1 Å². The van der Waals surface area contributed by atoms with Gasteiger partial charge in [0.2, 0.25) is 5.91 Å². The van der Waals surface area contributed by atoms with E-state index in [1.807, 2.05) is 6.92 Å². The zero-order valence-electron chi connectivity index (χ0n) is 15.5. The lowest BCUT2D eigenvalue weighted by atomic mass is 10.0. The lowest BCUT2D eigenvalue weighted by molar-refractivity contribution is -0.122. The van der Waals surface area contributed by atoms with E-state index >= 15 is 0 Å². The Balaban J connectivity index is 1.58. The molecular formula is C19H22Cl3N3O2S. The standard InChI is InChI=1S/C19H22Cl3N3O2S/c1-2-5-23-15(26)10-25-6-3-12(4-7-25)24-19(27)18-17(22)16-13(21)8-11(20)9-14(16)28-18/h8-9,12H,2-7,10H2,1H3,(H,23,26)(H,24,27). The van der Waals surface area contributed by atoms with Crippen molar-refractivity contribution >= 4 is 68.0 Å². The van der Waals surface area contributed by atoms with E-state index in [1.165, 1.54) is 11.3 Å². The molecule has 2 N–H and O–H groups in total. The second-order valence-corrected chi connectivity index (χ2v) is 9.15. The molecule has 0 spiro atoms. The number of carbonyl (C=O) groups is 2. The van der Waals surface area contributed by atoms with Crippen molar-refractivity contribution in [3.8, 4) is 0 Å². The maximum atomic E-state index is 12.7. The summed E-state index contributed by atoms with van der Waals surface area (Å²) in [4.78, 5) is 27.1. The summed E-state index contributed by atoms with van der Waals surface area (Å²) < 4.78 is 0.792. The average Bonchev–Trinajstić information content (AvgIpc) is 2.98. The minimum Gasteiger partial charge on any atom is -0.355 e. The van der Waals surface area contributed by atoms with Crippen molar-refractivity contribution in [2.45, 2.75) is 32.2 Å². The smallest absolute Gasteiger partial charge is 0.263 e. The molecule has 0 saturated carbocycles. The molecular weight excluding hydrogens is 441 g/mol. The molecule has 0 radical (unpaired) electrons. The lowest BCUT2D eigenvalue weighted by Crippen LogP contribution is -2.47. The molecule has 1 aromatic heterocycles. The van der Waals surface area contributed by atoms with Crippen molar-refractivity contribution in [1.82, 2.24) is 15.5 Å². The normalized spacial score (nSPS) is 15.7. The Morgan fingerprint density at radius 2 is 1.93 bits per heavy atom. The van der Waals surface area contributed by atoms with Gasteiger partial charge in [0.05, 0.1) is 16.6 Å². The minimum absolute atomic E-state index is 0.0527. The van der Waals surface area contributed by atoms with E-state index in [4.69, 9.17) is 34.8 Å². The van der Waals surface area contributed by atoms with Crippen molar-refractivity contribution in [1.29, 1.82) is 0 Å². The largest absolute Gasteiger partial charge is 0.355 e. The molecule has 1 saturated heterocycles. The van der Waals surface area contributed by atoms with Gasteiger partial charge in [-0.3, -0.25) is 14.5 Å². The quantitative estimate of drug-likeness (QED) is 0.660. The van der Waals surface area contributed by atoms with Gasteiger partial charge in [0.15, 0.2) is 0 Å². The first kappa shape index (κ1) is 21.7. The number of carbonyl (C=O) groups excluding carboxylic acids is 2. The highest BCUT2D eigenvalue weighted by Gasteiger charge is 2.25. The van der Waals surface area contributed by atoms with Gasteiger partial charge in [-0.2, -0.15) is 0 Å². The third kappa shape index (κ3) is 5.10. The Bertz CT molecular complexity index is 879. The van der Waals surface area contributed by atoms with Gasteiger partial charge >= 0.3 is 0 Å². The Hall–Kier alpha value is -1.05. The van der Waals surface area contributed by atoms with Crippen LogP contribution < -0.4 is 10.6 Å². The van der Waals surface area contributed by atoms with Crippen LogP contribution in [0.4, 0.5) is 0 Å². The molecule has 0 bridgehead atoms. The molecule has 0 aliphatic carbocycles. The predicted molar refractivity (Wildman–Crippen MR) is 117 cm³/mol. The van der Waals surface area contributed by atoms with Gasteiger partial charge in [-0.15, -0.1) is 11.3 Å². The van der Waals surface area contributed by atoms with Gasteiger partial charge in [-0.25, -0.2) is 0 Å². The highest BCUT2D eigenvalue weighted by atomic mass is 35.5. The molecule has 1 aliphatic rings. The fourth-order valence-corrected chi connectivity index (χ4v) is 5.55. The van der Waals surface area contributed by atoms with Crippen molar-refractivity contribution in [3.63, 3.8) is 0 Å². The average molecular weight is 463 g/mol. The molecule has 1 aromatic carbocycles. The van der Waals surface area contributed by atoms with Gasteiger partial charge in [0.1, 0.15) is 4.88 Å². The maximum Gasteiger partial charge on any atom is 0.263 e. The van der Waals surface area contributed by atoms with Crippen molar-refractivity contribution in [2.75, 3.05) is 26.2 Å². The fraction of sp³-hybridized carbons (Fsp3) is 0.474. The number of hydrogen-bond acceptors (Lipinski definition) is 4. The number of likely N-dealkylation sites (tertiary alicyclic amines) is 1. The molecule has 28 heavy (non-hydrogen) atoms. The summed E-state index contributed by atoms with van der Waals surface area (Å²) in [6.07, 6.45) is 2.52. The monoisotopic (exact) mass is 461 g/mol. The van der Waals surface area contributed by atoms with E-state index in [0.29, 0.717) is 38.4 Å². The summed E-state index contributed by atoms with van der Waals surface area (Å²) in [6.45, 7) is 4.68. The second-order valence-electron chi connectivity index (χ2n) is 6.88. The number of rotatable bonds is 6. The molecule has 5 nitrogen and oxygen atoms in total. The summed E-state index contributed by atoms with van der Waals surface area (Å²) in [6, 6.07) is 3.44. The van der Waals surface area contributed by atoms with Crippen molar-refractivity contribution < 1.29 is 9.59 Å². The van der Waals surface area contributed by atoms with Crippen LogP contribution in [-0.4, -0.2) is 48.9 Å². The number of piperidine rings is 1. The van der Waals surface area contributed by atoms with Gasteiger partial charge in [0, 0.05) is 40.8 Å². The molecule has 3 rings (SSSR count). The van der Waals surface area contributed by atoms with Crippen LogP contribution in [0.5, 0.6) is 0 Å². The summed E-state index contributed by atoms with van der Waals surface area (Å²) in [5, 5.41) is 7.93. The molecule has 9 heteroatoms. The van der Waals surface area contributed by atoms with Crippen LogP contribution in [0.25, 0.3) is 10.1 Å². The molecule has 0 unspecified atom stereocenters. The Morgan fingerprint density at radius 3 is 2.61 bits per heavy atom. The molecule has 152 valence electrons. The highest BCUT2D eigenvalue weighted by molar-refractivity contribution is 7.21. The minimum atomic E-state index is -0.197. The number of nitrogens with zero attached hydrogens (tertiary/aromatic N) is 1. The van der Waals surface area contributed by atoms with Crippen LogP contribution in [0.15, 0.2) is 12.1 Å². The Morgan fingerprint density at radius 1 is 1.21 bits per heavy atom. The van der Waals surface area contributed by atoms with E-state index < -0.39 is 0 Å². The first-order chi connectivity index (χ1) is 13.4. The van der Waals surface area contributed by atoms with Crippen LogP contribution in [0.1, 0.15) is 35.9 Å². The van der Waals surface area contributed by atoms with Gasteiger partial charge in [0.25, 0.3) is 5.91 Å². The molecule has 1 aliphatic heterocycles. The van der Waals surface area contributed by atoms with Crippen LogP contribution in [0.3, 0.4) is 0 Å². The van der Waals surface area contributed by atoms with Gasteiger partial charge in [-0.1, -0.05) is 41.7 Å². The topological polar surface area (TPSA) is 61.4 Å². The number of benzene rings is 1. The number of halogens is 3. The van der Waals surface area contributed by atoms with Crippen LogP contribution in [0.2, 0.25) is 15.1 Å². The SMILES string of the molecule is CCCNC(=O)CN1CCC(NC(=O)c2sc3cc(Cl)cc(Cl)c3c2Cl)CC1. The Labute approximate surface area is 183 Å². The van der Waals surface area contributed by atoms with Gasteiger partial charge in [-0.05, 0) is 31.4 Å². The van der Waals surface area contributed by atoms with E-state index in [-0.39, 0.29) is 17.9 Å². The molecule has 2 aromatic rings. The van der Waals surface area contributed by atoms with Crippen LogP contribution in [0, 0.1) is 0 Å². The van der Waals surface area contributed by atoms with E-state index in [1.54, 1.807) is 12.1 Å². The lowest BCUT2D eigenvalue weighted by Gasteiger charge is -2.31. The first-order valence-corrected chi connectivity index (χ1v) is 11.2. The molecule has 0 atom stereocenters. The molecule has 2 amide bonds. The Kier molecular flexibility index (Phi) is 7.45. The fourth-order valence-electron chi connectivity index (χ4n) is 3.27. The maximum absolute atomic E-state index is 12.7.